The molecule has 0 saturated carbocycles. The molecule has 0 bridgehead atoms. The fourth-order valence-corrected chi connectivity index (χ4v) is 2.26. The van der Waals surface area contributed by atoms with E-state index in [0.717, 1.165) is 11.1 Å². The van der Waals surface area contributed by atoms with Crippen LogP contribution in [-0.2, 0) is 0 Å². The number of nitrogen functional groups attached to an aromatic ring is 1. The van der Waals surface area contributed by atoms with Crippen LogP contribution in [0.2, 0.25) is 0 Å². The van der Waals surface area contributed by atoms with E-state index in [4.69, 9.17) is 10.5 Å². The Hall–Kier alpha value is -2.63. The van der Waals surface area contributed by atoms with E-state index in [1.54, 1.807) is 25.6 Å². The van der Waals surface area contributed by atoms with Gasteiger partial charge >= 0.3 is 0 Å². The van der Waals surface area contributed by atoms with E-state index < -0.39 is 0 Å². The summed E-state index contributed by atoms with van der Waals surface area (Å²) in [7, 11) is 1.59. The first-order chi connectivity index (χ1) is 9.70. The van der Waals surface area contributed by atoms with Gasteiger partial charge in [-0.3, -0.25) is 9.55 Å². The molecule has 1 atom stereocenters. The molecule has 1 unspecified atom stereocenters. The first-order valence-electron chi connectivity index (χ1n) is 6.29. The van der Waals surface area contributed by atoms with Gasteiger partial charge in [-0.2, -0.15) is 4.98 Å². The van der Waals surface area contributed by atoms with Gasteiger partial charge in [0.2, 0.25) is 11.8 Å². The highest BCUT2D eigenvalue weighted by atomic mass is 16.5. The summed E-state index contributed by atoms with van der Waals surface area (Å²) in [4.78, 5) is 12.8. The van der Waals surface area contributed by atoms with E-state index in [-0.39, 0.29) is 6.04 Å². The molecular weight excluding hydrogens is 254 g/mol. The summed E-state index contributed by atoms with van der Waals surface area (Å²) in [6.07, 6.45) is 3.52. The Balaban J connectivity index is 2.17. The predicted molar refractivity (Wildman–Crippen MR) is 76.5 cm³/mol. The van der Waals surface area contributed by atoms with Crippen molar-refractivity contribution in [2.24, 2.45) is 0 Å². The fraction of sp³-hybridized carbons (Fsp3) is 0.214. The van der Waals surface area contributed by atoms with Crippen molar-refractivity contribution in [1.82, 2.24) is 19.5 Å². The Morgan fingerprint density at radius 1 is 1.15 bits per heavy atom. The molecule has 3 aromatic heterocycles. The van der Waals surface area contributed by atoms with Gasteiger partial charge in [0.05, 0.1) is 13.2 Å². The number of rotatable bonds is 3. The second-order valence-corrected chi connectivity index (χ2v) is 4.49. The van der Waals surface area contributed by atoms with Crippen LogP contribution < -0.4 is 10.5 Å². The van der Waals surface area contributed by atoms with E-state index in [2.05, 4.69) is 15.0 Å². The fourth-order valence-electron chi connectivity index (χ4n) is 2.26. The largest absolute Gasteiger partial charge is 0.481 e. The van der Waals surface area contributed by atoms with Crippen LogP contribution in [0, 0.1) is 0 Å². The monoisotopic (exact) mass is 269 g/mol. The maximum absolute atomic E-state index is 6.04. The number of pyridine rings is 2. The Morgan fingerprint density at radius 2 is 1.90 bits per heavy atom. The van der Waals surface area contributed by atoms with Gasteiger partial charge in [0.1, 0.15) is 5.52 Å². The number of fused-ring (bicyclic) bond motifs is 1. The van der Waals surface area contributed by atoms with Crippen molar-refractivity contribution in [2.45, 2.75) is 13.0 Å². The van der Waals surface area contributed by atoms with E-state index in [1.165, 1.54) is 0 Å². The minimum absolute atomic E-state index is 0.0163. The summed E-state index contributed by atoms with van der Waals surface area (Å²) in [5.74, 6) is 0.977. The van der Waals surface area contributed by atoms with E-state index >= 15 is 0 Å². The SMILES string of the molecule is COc1ccc2nc(N)n(C(C)c3ccncc3)c2n1. The standard InChI is InChI=1S/C14H15N5O/c1-9(10-5-7-16-8-6-10)19-13-11(17-14(19)15)3-4-12(18-13)20-2/h3-9H,1-2H3,(H2,15,17). The third-order valence-corrected chi connectivity index (χ3v) is 3.32. The molecule has 3 rings (SSSR count). The van der Waals surface area contributed by atoms with Crippen molar-refractivity contribution in [2.75, 3.05) is 12.8 Å². The van der Waals surface area contributed by atoms with E-state index in [1.807, 2.05) is 29.7 Å². The molecule has 0 aliphatic carbocycles. The van der Waals surface area contributed by atoms with Crippen molar-refractivity contribution in [3.63, 3.8) is 0 Å². The average Bonchev–Trinajstić information content (AvgIpc) is 2.82. The maximum atomic E-state index is 6.04. The molecule has 0 fully saturated rings. The quantitative estimate of drug-likeness (QED) is 0.787. The molecule has 0 aliphatic heterocycles. The van der Waals surface area contributed by atoms with Gasteiger partial charge in [-0.05, 0) is 30.7 Å². The topological polar surface area (TPSA) is 78.9 Å². The van der Waals surface area contributed by atoms with Crippen LogP contribution in [0.1, 0.15) is 18.5 Å². The predicted octanol–water partition coefficient (Wildman–Crippen LogP) is 2.03. The van der Waals surface area contributed by atoms with Crippen LogP contribution in [0.5, 0.6) is 5.88 Å². The Morgan fingerprint density at radius 3 is 2.60 bits per heavy atom. The van der Waals surface area contributed by atoms with Gasteiger partial charge in [-0.25, -0.2) is 4.98 Å². The van der Waals surface area contributed by atoms with Gasteiger partial charge < -0.3 is 10.5 Å². The van der Waals surface area contributed by atoms with Crippen molar-refractivity contribution >= 4 is 17.1 Å². The lowest BCUT2D eigenvalue weighted by atomic mass is 10.1. The van der Waals surface area contributed by atoms with Crippen LogP contribution >= 0.6 is 0 Å². The van der Waals surface area contributed by atoms with Gasteiger partial charge in [-0.1, -0.05) is 0 Å². The number of anilines is 1. The Bertz CT molecular complexity index is 738. The number of imidazole rings is 1. The molecule has 20 heavy (non-hydrogen) atoms. The molecule has 0 radical (unpaired) electrons. The Labute approximate surface area is 116 Å². The molecular formula is C14H15N5O. The van der Waals surface area contributed by atoms with Crippen molar-refractivity contribution in [1.29, 1.82) is 0 Å². The number of hydrogen-bond acceptors (Lipinski definition) is 5. The molecule has 0 aromatic carbocycles. The molecule has 0 amide bonds. The number of nitrogens with two attached hydrogens (primary N) is 1. The van der Waals surface area contributed by atoms with Crippen LogP contribution in [0.15, 0.2) is 36.7 Å². The van der Waals surface area contributed by atoms with Crippen LogP contribution in [0.25, 0.3) is 11.2 Å². The molecule has 0 aliphatic rings. The molecule has 2 N–H and O–H groups in total. The molecule has 3 aromatic rings. The summed E-state index contributed by atoms with van der Waals surface area (Å²) < 4.78 is 7.06. The first kappa shape index (κ1) is 12.4. The number of methoxy groups -OCH3 is 1. The molecule has 102 valence electrons. The number of hydrogen-bond donors (Lipinski definition) is 1. The zero-order valence-electron chi connectivity index (χ0n) is 11.3. The third-order valence-electron chi connectivity index (χ3n) is 3.32. The zero-order valence-corrected chi connectivity index (χ0v) is 11.3. The lowest BCUT2D eigenvalue weighted by molar-refractivity contribution is 0.399. The molecule has 6 nitrogen and oxygen atoms in total. The van der Waals surface area contributed by atoms with Crippen LogP contribution in [0.4, 0.5) is 5.95 Å². The summed E-state index contributed by atoms with van der Waals surface area (Å²) >= 11 is 0. The normalized spacial score (nSPS) is 12.5. The van der Waals surface area contributed by atoms with E-state index in [9.17, 15) is 0 Å². The van der Waals surface area contributed by atoms with Crippen LogP contribution in [0.3, 0.4) is 0 Å². The highest BCUT2D eigenvalue weighted by Crippen LogP contribution is 2.27. The summed E-state index contributed by atoms with van der Waals surface area (Å²) in [6, 6.07) is 7.55. The average molecular weight is 269 g/mol. The van der Waals surface area contributed by atoms with Crippen molar-refractivity contribution < 1.29 is 4.74 Å². The first-order valence-corrected chi connectivity index (χ1v) is 6.29. The zero-order chi connectivity index (χ0) is 14.1. The van der Waals surface area contributed by atoms with Gasteiger partial charge in [-0.15, -0.1) is 0 Å². The second-order valence-electron chi connectivity index (χ2n) is 4.49. The minimum atomic E-state index is 0.0163. The van der Waals surface area contributed by atoms with Gasteiger partial charge in [0.25, 0.3) is 0 Å². The minimum Gasteiger partial charge on any atom is -0.481 e. The van der Waals surface area contributed by atoms with Gasteiger partial charge in [0, 0.05) is 18.5 Å². The maximum Gasteiger partial charge on any atom is 0.215 e. The highest BCUT2D eigenvalue weighted by molar-refractivity contribution is 5.75. The Kier molecular flexibility index (Phi) is 2.98. The lowest BCUT2D eigenvalue weighted by Crippen LogP contribution is -2.11. The van der Waals surface area contributed by atoms with Crippen LogP contribution in [-0.4, -0.2) is 26.6 Å². The number of ether oxygens (including phenoxy) is 1. The van der Waals surface area contributed by atoms with E-state index in [0.29, 0.717) is 17.5 Å². The van der Waals surface area contributed by atoms with Crippen molar-refractivity contribution in [3.8, 4) is 5.88 Å². The number of nitrogens with zero attached hydrogens (tertiary/aromatic N) is 4. The van der Waals surface area contributed by atoms with Gasteiger partial charge in [0.15, 0.2) is 5.65 Å². The summed E-state index contributed by atoms with van der Waals surface area (Å²) in [6.45, 7) is 2.05. The second kappa shape index (κ2) is 4.80. The number of aromatic nitrogens is 4. The molecule has 3 heterocycles. The molecule has 0 spiro atoms. The highest BCUT2D eigenvalue weighted by Gasteiger charge is 2.17. The summed E-state index contributed by atoms with van der Waals surface area (Å²) in [5.41, 5.74) is 8.60. The third kappa shape index (κ3) is 1.95. The lowest BCUT2D eigenvalue weighted by Gasteiger charge is -2.15. The molecule has 6 heteroatoms. The summed E-state index contributed by atoms with van der Waals surface area (Å²) in [5, 5.41) is 0. The smallest absolute Gasteiger partial charge is 0.215 e. The van der Waals surface area contributed by atoms with Crippen molar-refractivity contribution in [3.05, 3.63) is 42.2 Å². The molecule has 0 saturated heterocycles.